The number of benzene rings is 1. The Bertz CT molecular complexity index is 1820. The Kier molecular flexibility index (Phi) is 10.2. The van der Waals surface area contributed by atoms with Gasteiger partial charge in [0.15, 0.2) is 0 Å². The molecule has 0 saturated carbocycles. The molecule has 6 rings (SSSR count). The van der Waals surface area contributed by atoms with Crippen molar-refractivity contribution in [2.24, 2.45) is 5.92 Å². The lowest BCUT2D eigenvalue weighted by Crippen LogP contribution is -2.41. The Morgan fingerprint density at radius 3 is 2.53 bits per heavy atom. The minimum Gasteiger partial charge on any atom is -0.381 e. The summed E-state index contributed by atoms with van der Waals surface area (Å²) in [6.07, 6.45) is 4.27. The van der Waals surface area contributed by atoms with Crippen LogP contribution in [0.5, 0.6) is 0 Å². The molecule has 2 fully saturated rings. The smallest absolute Gasteiger partial charge is 0.276 e. The summed E-state index contributed by atoms with van der Waals surface area (Å²) in [5.41, 5.74) is -0.460. The molecule has 8 bridgehead atoms. The zero-order chi connectivity index (χ0) is 33.2. The van der Waals surface area contributed by atoms with Crippen molar-refractivity contribution in [3.8, 4) is 6.07 Å². The van der Waals surface area contributed by atoms with E-state index in [0.717, 1.165) is 25.9 Å². The molecule has 0 spiro atoms. The molecular formula is C33H39F2IN6O4S. The van der Waals surface area contributed by atoms with Crippen LogP contribution in [0, 0.1) is 17.2 Å². The number of pyridine rings is 1. The summed E-state index contributed by atoms with van der Waals surface area (Å²) >= 11 is 2.15. The summed E-state index contributed by atoms with van der Waals surface area (Å²) in [5, 5.41) is 14.2. The Hall–Kier alpha value is -2.74. The van der Waals surface area contributed by atoms with Gasteiger partial charge in [-0.25, -0.2) is 27.2 Å². The molecule has 1 N–H and O–H groups in total. The Labute approximate surface area is 287 Å². The third kappa shape index (κ3) is 7.18. The van der Waals surface area contributed by atoms with Crippen LogP contribution in [0.3, 0.4) is 0 Å². The van der Waals surface area contributed by atoms with Crippen LogP contribution < -0.4 is 10.9 Å². The van der Waals surface area contributed by atoms with Gasteiger partial charge in [0.1, 0.15) is 31.7 Å². The number of anilines is 1. The van der Waals surface area contributed by atoms with Crippen molar-refractivity contribution < 1.29 is 21.9 Å². The van der Waals surface area contributed by atoms with Gasteiger partial charge in [0.2, 0.25) is 0 Å². The maximum atomic E-state index is 16.0. The first-order valence-corrected chi connectivity index (χ1v) is 19.3. The summed E-state index contributed by atoms with van der Waals surface area (Å²) in [4.78, 5) is 25.3. The molecule has 14 heteroatoms. The van der Waals surface area contributed by atoms with Gasteiger partial charge in [-0.15, -0.1) is 0 Å². The molecule has 0 aliphatic carbocycles. The van der Waals surface area contributed by atoms with E-state index in [0.29, 0.717) is 61.4 Å². The normalized spacial score (nSPS) is 26.4. The number of nitriles is 1. The molecule has 3 aliphatic rings. The predicted molar refractivity (Wildman–Crippen MR) is 184 cm³/mol. The first-order chi connectivity index (χ1) is 22.5. The first-order valence-electron chi connectivity index (χ1n) is 16.2. The average Bonchev–Trinajstić information content (AvgIpc) is 3.31. The van der Waals surface area contributed by atoms with Crippen molar-refractivity contribution in [1.29, 1.82) is 5.26 Å². The van der Waals surface area contributed by atoms with Crippen LogP contribution in [0.15, 0.2) is 41.5 Å². The minimum absolute atomic E-state index is 0.0110. The van der Waals surface area contributed by atoms with Crippen molar-refractivity contribution in [2.75, 3.05) is 49.7 Å². The van der Waals surface area contributed by atoms with Crippen LogP contribution in [-0.4, -0.2) is 72.2 Å². The lowest BCUT2D eigenvalue weighted by Gasteiger charge is -2.31. The highest BCUT2D eigenvalue weighted by atomic mass is 127. The SMILES string of the molecule is N#CC1(c2cc3c4ncnc3n(c2=O)CCCOCCCN2CCCC(CC2)C(F)(F)c2cccc(c2)[C@@H](I)N4)CCS(=O)(=O)CC1. The number of sulfone groups is 1. The fourth-order valence-corrected chi connectivity index (χ4v) is 9.28. The highest BCUT2D eigenvalue weighted by molar-refractivity contribution is 14.1. The van der Waals surface area contributed by atoms with Crippen LogP contribution in [-0.2, 0) is 32.5 Å². The Morgan fingerprint density at radius 2 is 1.77 bits per heavy atom. The number of aryl methyl sites for hydroxylation is 1. The van der Waals surface area contributed by atoms with Crippen molar-refractivity contribution in [2.45, 2.75) is 66.9 Å². The Balaban J connectivity index is 1.43. The van der Waals surface area contributed by atoms with Gasteiger partial charge < -0.3 is 15.0 Å². The number of halogens is 3. The third-order valence-corrected chi connectivity index (χ3v) is 12.6. The van der Waals surface area contributed by atoms with Gasteiger partial charge in [-0.3, -0.25) is 9.36 Å². The second kappa shape index (κ2) is 14.0. The van der Waals surface area contributed by atoms with Gasteiger partial charge in [0, 0.05) is 43.3 Å². The van der Waals surface area contributed by atoms with Crippen LogP contribution in [0.25, 0.3) is 11.0 Å². The second-order valence-corrected chi connectivity index (χ2v) is 16.4. The first kappa shape index (κ1) is 34.1. The lowest BCUT2D eigenvalue weighted by molar-refractivity contribution is -0.0702. The summed E-state index contributed by atoms with van der Waals surface area (Å²) < 4.78 is 63.7. The van der Waals surface area contributed by atoms with Crippen LogP contribution in [0.4, 0.5) is 14.6 Å². The highest BCUT2D eigenvalue weighted by Gasteiger charge is 2.43. The van der Waals surface area contributed by atoms with E-state index in [1.807, 2.05) is 0 Å². The van der Waals surface area contributed by atoms with Crippen LogP contribution in [0.2, 0.25) is 0 Å². The number of hydrogen-bond acceptors (Lipinski definition) is 9. The zero-order valence-electron chi connectivity index (χ0n) is 26.1. The fraction of sp³-hybridized carbons (Fsp3) is 0.576. The predicted octanol–water partition coefficient (Wildman–Crippen LogP) is 5.31. The van der Waals surface area contributed by atoms with E-state index in [1.165, 1.54) is 17.0 Å². The van der Waals surface area contributed by atoms with E-state index < -0.39 is 31.1 Å². The number of ether oxygens (including phenoxy) is 1. The summed E-state index contributed by atoms with van der Waals surface area (Å²) in [6, 6.07) is 10.4. The number of nitrogens with zero attached hydrogens (tertiary/aromatic N) is 5. The van der Waals surface area contributed by atoms with Crippen molar-refractivity contribution >= 4 is 49.3 Å². The standard InChI is InChI=1S/C33H39F2IN6O4S/c34-33(35)24-7-2-11-41(14-8-24)12-3-15-46-16-4-13-42-30-26(20-27(31(42)43)32(21-37)9-17-47(44,45)18-10-32)29(38-22-39-30)40-28(36)23-5-1-6-25(33)19-23/h1,5-6,19-20,22,24,28H,2-4,7-18H2,(H,38,39,40)/t24?,28-/m0/s1. The molecule has 47 heavy (non-hydrogen) atoms. The largest absolute Gasteiger partial charge is 0.381 e. The van der Waals surface area contributed by atoms with E-state index in [-0.39, 0.29) is 47.6 Å². The van der Waals surface area contributed by atoms with Crippen molar-refractivity contribution in [3.63, 3.8) is 0 Å². The second-order valence-electron chi connectivity index (χ2n) is 12.9. The van der Waals surface area contributed by atoms with Gasteiger partial charge in [-0.2, -0.15) is 5.26 Å². The topological polar surface area (TPSA) is 130 Å². The monoisotopic (exact) mass is 780 g/mol. The number of hydrogen-bond donors (Lipinski definition) is 1. The van der Waals surface area contributed by atoms with Gasteiger partial charge >= 0.3 is 0 Å². The summed E-state index contributed by atoms with van der Waals surface area (Å²) in [7, 11) is -3.31. The fourth-order valence-electron chi connectivity index (χ4n) is 7.08. The molecule has 1 aromatic carbocycles. The van der Waals surface area contributed by atoms with E-state index >= 15 is 8.78 Å². The zero-order valence-corrected chi connectivity index (χ0v) is 29.1. The molecule has 2 unspecified atom stereocenters. The van der Waals surface area contributed by atoms with E-state index in [1.54, 1.807) is 24.3 Å². The van der Waals surface area contributed by atoms with Gasteiger partial charge in [-0.1, -0.05) is 40.8 Å². The van der Waals surface area contributed by atoms with Gasteiger partial charge in [0.05, 0.1) is 28.4 Å². The van der Waals surface area contributed by atoms with Crippen molar-refractivity contribution in [1.82, 2.24) is 19.4 Å². The summed E-state index contributed by atoms with van der Waals surface area (Å²) in [5.74, 6) is -3.73. The number of rotatable bonds is 1. The average molecular weight is 781 g/mol. The van der Waals surface area contributed by atoms with E-state index in [4.69, 9.17) is 4.74 Å². The highest BCUT2D eigenvalue weighted by Crippen LogP contribution is 2.43. The molecule has 3 atom stereocenters. The van der Waals surface area contributed by atoms with Gasteiger partial charge in [-0.05, 0) is 75.7 Å². The van der Waals surface area contributed by atoms with E-state index in [2.05, 4.69) is 48.8 Å². The maximum Gasteiger partial charge on any atom is 0.276 e. The molecule has 2 aromatic heterocycles. The lowest BCUT2D eigenvalue weighted by atomic mass is 9.77. The van der Waals surface area contributed by atoms with Crippen LogP contribution in [0.1, 0.15) is 65.7 Å². The quantitative estimate of drug-likeness (QED) is 0.199. The number of nitrogens with one attached hydrogen (secondary N) is 1. The maximum absolute atomic E-state index is 16.0. The molecule has 3 aromatic rings. The summed E-state index contributed by atoms with van der Waals surface area (Å²) in [6.45, 7) is 3.37. The van der Waals surface area contributed by atoms with Crippen molar-refractivity contribution in [3.05, 3.63) is 63.7 Å². The molecular weight excluding hydrogens is 741 g/mol. The van der Waals surface area contributed by atoms with Crippen LogP contribution >= 0.6 is 22.6 Å². The molecule has 0 amide bonds. The molecule has 0 radical (unpaired) electrons. The van der Waals surface area contributed by atoms with E-state index in [9.17, 15) is 18.5 Å². The number of aromatic nitrogens is 3. The number of fused-ring (bicyclic) bond motifs is 5. The number of alkyl halides is 3. The molecule has 3 aliphatic heterocycles. The Morgan fingerprint density at radius 1 is 1.02 bits per heavy atom. The molecule has 2 saturated heterocycles. The van der Waals surface area contributed by atoms with Gasteiger partial charge in [0.25, 0.3) is 11.5 Å². The molecule has 10 nitrogen and oxygen atoms in total. The minimum atomic E-state index is -3.31. The molecule has 5 heterocycles. The molecule has 252 valence electrons. The third-order valence-electron chi connectivity index (χ3n) is 9.89.